The van der Waals surface area contributed by atoms with Crippen LogP contribution in [0, 0.1) is 0 Å². The molecule has 0 atom stereocenters. The van der Waals surface area contributed by atoms with Gasteiger partial charge in [-0.2, -0.15) is 13.2 Å². The van der Waals surface area contributed by atoms with Crippen LogP contribution >= 0.6 is 11.6 Å². The highest BCUT2D eigenvalue weighted by molar-refractivity contribution is 6.31. The fraction of sp³-hybridized carbons (Fsp3) is 0.208. The molecule has 0 saturated heterocycles. The average Bonchev–Trinajstić information content (AvgIpc) is 2.81. The van der Waals surface area contributed by atoms with Crippen molar-refractivity contribution in [2.24, 2.45) is 0 Å². The molecule has 0 saturated carbocycles. The summed E-state index contributed by atoms with van der Waals surface area (Å²) in [5.74, 6) is 0.548. The Bertz CT molecular complexity index is 1190. The lowest BCUT2D eigenvalue weighted by molar-refractivity contribution is -0.137. The lowest BCUT2D eigenvalue weighted by atomic mass is 10.2. The predicted octanol–water partition coefficient (Wildman–Crippen LogP) is 6.72. The molecule has 0 spiro atoms. The van der Waals surface area contributed by atoms with Crippen molar-refractivity contribution >= 4 is 34.9 Å². The van der Waals surface area contributed by atoms with Crippen LogP contribution in [0.25, 0.3) is 0 Å². The van der Waals surface area contributed by atoms with Gasteiger partial charge in [0, 0.05) is 30.2 Å². The number of rotatable bonds is 8. The number of hydrogen-bond acceptors (Lipinski definition) is 4. The van der Waals surface area contributed by atoms with Crippen molar-refractivity contribution in [3.8, 4) is 11.5 Å². The summed E-state index contributed by atoms with van der Waals surface area (Å²) in [4.78, 5) is 28.4. The molecule has 0 radical (unpaired) electrons. The van der Waals surface area contributed by atoms with Gasteiger partial charge < -0.3 is 20.7 Å². The van der Waals surface area contributed by atoms with E-state index in [1.54, 1.807) is 30.3 Å². The molecule has 0 aliphatic heterocycles. The van der Waals surface area contributed by atoms with Crippen LogP contribution in [0.4, 0.5) is 29.3 Å². The van der Waals surface area contributed by atoms with Gasteiger partial charge in [0.1, 0.15) is 17.2 Å². The van der Waals surface area contributed by atoms with Crippen LogP contribution < -0.4 is 20.7 Å². The number of halogens is 4. The van der Waals surface area contributed by atoms with E-state index in [9.17, 15) is 22.8 Å². The van der Waals surface area contributed by atoms with Crippen molar-refractivity contribution < 1.29 is 27.5 Å². The van der Waals surface area contributed by atoms with Crippen molar-refractivity contribution in [2.75, 3.05) is 17.2 Å². The van der Waals surface area contributed by atoms with E-state index >= 15 is 0 Å². The molecule has 35 heavy (non-hydrogen) atoms. The molecule has 0 aliphatic rings. The lowest BCUT2D eigenvalue weighted by Crippen LogP contribution is -2.25. The standard InChI is InChI=1S/C24H22ClF3N4O3/c1-2-3-11-30-22(33)21-14-18(10-12-29-21)35-17-7-4-15(5-8-17)31-23(34)32-16-6-9-20(25)19(13-16)24(26,27)28/h4-10,12-14H,2-3,11H2,1H3,(H,30,33)(H2,31,32,34). The van der Waals surface area contributed by atoms with Crippen LogP contribution in [0.3, 0.4) is 0 Å². The van der Waals surface area contributed by atoms with Crippen LogP contribution in [0.2, 0.25) is 5.02 Å². The molecule has 3 aromatic rings. The second-order valence-corrected chi connectivity index (χ2v) is 7.79. The van der Waals surface area contributed by atoms with Gasteiger partial charge in [0.05, 0.1) is 10.6 Å². The molecule has 0 bridgehead atoms. The number of alkyl halides is 3. The smallest absolute Gasteiger partial charge is 0.417 e. The van der Waals surface area contributed by atoms with Crippen molar-refractivity contribution in [3.05, 3.63) is 77.1 Å². The van der Waals surface area contributed by atoms with Gasteiger partial charge in [-0.1, -0.05) is 24.9 Å². The Kier molecular flexibility index (Phi) is 8.53. The lowest BCUT2D eigenvalue weighted by Gasteiger charge is -2.12. The number of hydrogen-bond donors (Lipinski definition) is 3. The Balaban J connectivity index is 1.58. The third-order valence-electron chi connectivity index (χ3n) is 4.66. The fourth-order valence-corrected chi connectivity index (χ4v) is 3.15. The summed E-state index contributed by atoms with van der Waals surface area (Å²) in [7, 11) is 0. The number of unbranched alkanes of at least 4 members (excludes halogenated alkanes) is 1. The molecule has 3 N–H and O–H groups in total. The molecule has 1 heterocycles. The molecule has 0 aliphatic carbocycles. The number of amides is 3. The Morgan fingerprint density at radius 2 is 1.66 bits per heavy atom. The van der Waals surface area contributed by atoms with Crippen molar-refractivity contribution in [2.45, 2.75) is 25.9 Å². The van der Waals surface area contributed by atoms with E-state index in [4.69, 9.17) is 16.3 Å². The number of urea groups is 1. The maximum absolute atomic E-state index is 13.0. The maximum Gasteiger partial charge on any atom is 0.417 e. The summed E-state index contributed by atoms with van der Waals surface area (Å²) in [5, 5.41) is 7.18. The van der Waals surface area contributed by atoms with Gasteiger partial charge in [-0.05, 0) is 55.0 Å². The van der Waals surface area contributed by atoms with E-state index in [0.717, 1.165) is 25.0 Å². The molecule has 7 nitrogen and oxygen atoms in total. The zero-order chi connectivity index (χ0) is 25.4. The van der Waals surface area contributed by atoms with E-state index in [1.165, 1.54) is 18.3 Å². The maximum atomic E-state index is 13.0. The van der Waals surface area contributed by atoms with Gasteiger partial charge in [-0.15, -0.1) is 0 Å². The number of nitrogens with zero attached hydrogens (tertiary/aromatic N) is 1. The molecule has 184 valence electrons. The molecular formula is C24H22ClF3N4O3. The van der Waals surface area contributed by atoms with Gasteiger partial charge in [-0.25, -0.2) is 4.79 Å². The minimum atomic E-state index is -4.64. The topological polar surface area (TPSA) is 92.4 Å². The quantitative estimate of drug-likeness (QED) is 0.296. The Labute approximate surface area is 204 Å². The summed E-state index contributed by atoms with van der Waals surface area (Å²) >= 11 is 5.59. The third-order valence-corrected chi connectivity index (χ3v) is 4.99. The van der Waals surface area contributed by atoms with E-state index in [-0.39, 0.29) is 17.3 Å². The number of carbonyl (C=O) groups excluding carboxylic acids is 2. The van der Waals surface area contributed by atoms with Crippen molar-refractivity contribution in [1.29, 1.82) is 0 Å². The third kappa shape index (κ3) is 7.61. The van der Waals surface area contributed by atoms with Crippen LogP contribution in [0.1, 0.15) is 35.8 Å². The number of pyridine rings is 1. The first-order valence-electron chi connectivity index (χ1n) is 10.6. The highest BCUT2D eigenvalue weighted by Gasteiger charge is 2.33. The first-order chi connectivity index (χ1) is 16.7. The van der Waals surface area contributed by atoms with E-state index in [1.807, 2.05) is 6.92 Å². The Hall–Kier alpha value is -3.79. The van der Waals surface area contributed by atoms with E-state index < -0.39 is 22.8 Å². The normalized spacial score (nSPS) is 11.0. The molecule has 1 aromatic heterocycles. The van der Waals surface area contributed by atoms with Gasteiger partial charge in [-0.3, -0.25) is 9.78 Å². The van der Waals surface area contributed by atoms with E-state index in [0.29, 0.717) is 23.7 Å². The molecular weight excluding hydrogens is 485 g/mol. The average molecular weight is 507 g/mol. The summed E-state index contributed by atoms with van der Waals surface area (Å²) in [6, 6.07) is 11.7. The zero-order valence-electron chi connectivity index (χ0n) is 18.6. The monoisotopic (exact) mass is 506 g/mol. The molecule has 3 amide bonds. The number of ether oxygens (including phenoxy) is 1. The van der Waals surface area contributed by atoms with Crippen LogP contribution in [0.15, 0.2) is 60.8 Å². The first kappa shape index (κ1) is 25.8. The SMILES string of the molecule is CCCCNC(=O)c1cc(Oc2ccc(NC(=O)Nc3ccc(Cl)c(C(F)(F)F)c3)cc2)ccn1. The second kappa shape index (κ2) is 11.6. The number of benzene rings is 2. The fourth-order valence-electron chi connectivity index (χ4n) is 2.92. The highest BCUT2D eigenvalue weighted by atomic mass is 35.5. The Morgan fingerprint density at radius 1 is 0.971 bits per heavy atom. The van der Waals surface area contributed by atoms with Gasteiger partial charge in [0.2, 0.25) is 0 Å². The van der Waals surface area contributed by atoms with Crippen molar-refractivity contribution in [3.63, 3.8) is 0 Å². The first-order valence-corrected chi connectivity index (χ1v) is 11.0. The summed E-state index contributed by atoms with van der Waals surface area (Å²) in [6.07, 6.45) is -1.35. The summed E-state index contributed by atoms with van der Waals surface area (Å²) in [5.41, 5.74) is -0.502. The van der Waals surface area contributed by atoms with Crippen LogP contribution in [0.5, 0.6) is 11.5 Å². The summed E-state index contributed by atoms with van der Waals surface area (Å²) < 4.78 is 44.7. The molecule has 0 unspecified atom stereocenters. The number of anilines is 2. The van der Waals surface area contributed by atoms with Crippen LogP contribution in [-0.2, 0) is 6.18 Å². The predicted molar refractivity (Wildman–Crippen MR) is 127 cm³/mol. The highest BCUT2D eigenvalue weighted by Crippen LogP contribution is 2.36. The number of nitrogens with one attached hydrogen (secondary N) is 3. The molecule has 3 rings (SSSR count). The number of aromatic nitrogens is 1. The minimum Gasteiger partial charge on any atom is -0.457 e. The number of carbonyl (C=O) groups is 2. The Morgan fingerprint density at radius 3 is 2.34 bits per heavy atom. The van der Waals surface area contributed by atoms with Gasteiger partial charge in [0.25, 0.3) is 5.91 Å². The largest absolute Gasteiger partial charge is 0.457 e. The van der Waals surface area contributed by atoms with E-state index in [2.05, 4.69) is 20.9 Å². The molecule has 0 fully saturated rings. The minimum absolute atomic E-state index is 0.0635. The second-order valence-electron chi connectivity index (χ2n) is 7.38. The van der Waals surface area contributed by atoms with Crippen LogP contribution in [-0.4, -0.2) is 23.5 Å². The summed E-state index contributed by atoms with van der Waals surface area (Å²) in [6.45, 7) is 2.59. The molecule has 2 aromatic carbocycles. The van der Waals surface area contributed by atoms with Gasteiger partial charge >= 0.3 is 12.2 Å². The van der Waals surface area contributed by atoms with Crippen molar-refractivity contribution in [1.82, 2.24) is 10.3 Å². The van der Waals surface area contributed by atoms with Gasteiger partial charge in [0.15, 0.2) is 0 Å². The zero-order valence-corrected chi connectivity index (χ0v) is 19.3. The molecule has 11 heteroatoms.